The lowest BCUT2D eigenvalue weighted by molar-refractivity contribution is 1.07. The first kappa shape index (κ1) is 34.7. The summed E-state index contributed by atoms with van der Waals surface area (Å²) in [4.78, 5) is 15.2. The van der Waals surface area contributed by atoms with Gasteiger partial charge in [-0.05, 0) is 72.5 Å². The standard InChI is InChI=1S/C55H37N3/c1-4-13-38(14-5-1)41-23-30-45(31-24-41)53-56-54(46-32-25-42(26-33-46)39-15-6-2-7-16-39)58-55(57-53)47-34-28-44(29-35-47)51-22-12-21-50(43-18-8-3-9-19-43)52(51)49-36-27-40-17-10-11-20-48(40)37-49/h1-37H. The van der Waals surface area contributed by atoms with Crippen molar-refractivity contribution in [1.82, 2.24) is 15.0 Å². The molecule has 0 aliphatic heterocycles. The molecule has 10 rings (SSSR count). The van der Waals surface area contributed by atoms with E-state index in [9.17, 15) is 0 Å². The lowest BCUT2D eigenvalue weighted by Crippen LogP contribution is -2.00. The lowest BCUT2D eigenvalue weighted by atomic mass is 9.87. The molecule has 3 heteroatoms. The van der Waals surface area contributed by atoms with Gasteiger partial charge < -0.3 is 0 Å². The van der Waals surface area contributed by atoms with Gasteiger partial charge in [-0.2, -0.15) is 0 Å². The minimum atomic E-state index is 0.624. The Kier molecular flexibility index (Phi) is 9.23. The molecule has 10 aromatic rings. The zero-order chi connectivity index (χ0) is 38.7. The van der Waals surface area contributed by atoms with Crippen LogP contribution in [0.2, 0.25) is 0 Å². The molecule has 1 heterocycles. The first-order valence-electron chi connectivity index (χ1n) is 19.6. The van der Waals surface area contributed by atoms with Crippen molar-refractivity contribution in [2.45, 2.75) is 0 Å². The average Bonchev–Trinajstić information content (AvgIpc) is 3.32. The van der Waals surface area contributed by atoms with Gasteiger partial charge in [0.2, 0.25) is 0 Å². The van der Waals surface area contributed by atoms with Crippen molar-refractivity contribution in [3.05, 3.63) is 224 Å². The predicted octanol–water partition coefficient (Wildman–Crippen LogP) is 14.4. The van der Waals surface area contributed by atoms with Gasteiger partial charge in [0.15, 0.2) is 17.5 Å². The van der Waals surface area contributed by atoms with Crippen LogP contribution in [0.3, 0.4) is 0 Å². The molecule has 0 aliphatic carbocycles. The zero-order valence-corrected chi connectivity index (χ0v) is 31.7. The highest BCUT2D eigenvalue weighted by Crippen LogP contribution is 2.41. The van der Waals surface area contributed by atoms with E-state index in [4.69, 9.17) is 15.0 Å². The molecule has 0 N–H and O–H groups in total. The zero-order valence-electron chi connectivity index (χ0n) is 31.7. The maximum absolute atomic E-state index is 5.10. The highest BCUT2D eigenvalue weighted by molar-refractivity contribution is 5.98. The van der Waals surface area contributed by atoms with Crippen molar-refractivity contribution >= 4 is 10.8 Å². The van der Waals surface area contributed by atoms with Gasteiger partial charge in [-0.15, -0.1) is 0 Å². The van der Waals surface area contributed by atoms with E-state index >= 15 is 0 Å². The Hall–Kier alpha value is -7.75. The molecule has 0 spiro atoms. The van der Waals surface area contributed by atoms with E-state index < -0.39 is 0 Å². The minimum absolute atomic E-state index is 0.624. The largest absolute Gasteiger partial charge is 0.208 e. The Morgan fingerprint density at radius 1 is 0.207 bits per heavy atom. The van der Waals surface area contributed by atoms with Crippen LogP contribution in [0, 0.1) is 0 Å². The Morgan fingerprint density at radius 2 is 0.534 bits per heavy atom. The van der Waals surface area contributed by atoms with E-state index in [0.29, 0.717) is 17.5 Å². The number of hydrogen-bond acceptors (Lipinski definition) is 3. The van der Waals surface area contributed by atoms with Crippen molar-refractivity contribution in [2.75, 3.05) is 0 Å². The van der Waals surface area contributed by atoms with E-state index in [1.165, 1.54) is 44.2 Å². The third-order valence-electron chi connectivity index (χ3n) is 10.8. The molecule has 0 unspecified atom stereocenters. The van der Waals surface area contributed by atoms with Crippen LogP contribution >= 0.6 is 0 Å². The summed E-state index contributed by atoms with van der Waals surface area (Å²) in [7, 11) is 0. The third-order valence-corrected chi connectivity index (χ3v) is 10.8. The second-order valence-electron chi connectivity index (χ2n) is 14.4. The molecule has 0 atom stereocenters. The number of aromatic nitrogens is 3. The van der Waals surface area contributed by atoms with E-state index in [1.807, 2.05) is 12.1 Å². The van der Waals surface area contributed by atoms with Crippen LogP contribution in [-0.2, 0) is 0 Å². The molecular formula is C55H37N3. The predicted molar refractivity (Wildman–Crippen MR) is 241 cm³/mol. The molecule has 0 aliphatic rings. The fourth-order valence-electron chi connectivity index (χ4n) is 7.75. The molecule has 0 saturated heterocycles. The van der Waals surface area contributed by atoms with Gasteiger partial charge in [0, 0.05) is 16.7 Å². The highest BCUT2D eigenvalue weighted by Gasteiger charge is 2.17. The van der Waals surface area contributed by atoms with Crippen molar-refractivity contribution in [3.63, 3.8) is 0 Å². The Morgan fingerprint density at radius 3 is 1.00 bits per heavy atom. The highest BCUT2D eigenvalue weighted by atomic mass is 15.0. The first-order chi connectivity index (χ1) is 28.7. The van der Waals surface area contributed by atoms with Gasteiger partial charge in [-0.3, -0.25) is 0 Å². The fourth-order valence-corrected chi connectivity index (χ4v) is 7.75. The molecular weight excluding hydrogens is 703 g/mol. The maximum atomic E-state index is 5.10. The Bertz CT molecular complexity index is 2890. The van der Waals surface area contributed by atoms with Crippen molar-refractivity contribution in [1.29, 1.82) is 0 Å². The van der Waals surface area contributed by atoms with Crippen molar-refractivity contribution in [2.24, 2.45) is 0 Å². The SMILES string of the molecule is c1ccc(-c2ccc(-c3nc(-c4ccc(-c5ccccc5)cc4)nc(-c4ccc(-c5cccc(-c6ccccc6)c5-c5ccc6ccccc6c5)cc4)n3)cc2)cc1. The summed E-state index contributed by atoms with van der Waals surface area (Å²) in [5, 5.41) is 2.44. The molecule has 0 bridgehead atoms. The minimum Gasteiger partial charge on any atom is -0.208 e. The summed E-state index contributed by atoms with van der Waals surface area (Å²) in [6, 6.07) is 79.0. The van der Waals surface area contributed by atoms with Crippen LogP contribution < -0.4 is 0 Å². The van der Waals surface area contributed by atoms with Crippen LogP contribution in [0.5, 0.6) is 0 Å². The molecule has 3 nitrogen and oxygen atoms in total. The Balaban J connectivity index is 1.06. The second-order valence-corrected chi connectivity index (χ2v) is 14.4. The quantitative estimate of drug-likeness (QED) is 0.156. The first-order valence-corrected chi connectivity index (χ1v) is 19.6. The van der Waals surface area contributed by atoms with E-state index in [1.54, 1.807) is 0 Å². The third kappa shape index (κ3) is 6.98. The lowest BCUT2D eigenvalue weighted by Gasteiger charge is -2.17. The van der Waals surface area contributed by atoms with Crippen molar-refractivity contribution < 1.29 is 0 Å². The van der Waals surface area contributed by atoms with E-state index in [-0.39, 0.29) is 0 Å². The smallest absolute Gasteiger partial charge is 0.164 e. The number of nitrogens with zero attached hydrogens (tertiary/aromatic N) is 3. The molecule has 0 radical (unpaired) electrons. The normalized spacial score (nSPS) is 11.1. The summed E-state index contributed by atoms with van der Waals surface area (Å²) in [5.74, 6) is 1.88. The monoisotopic (exact) mass is 739 g/mol. The van der Waals surface area contributed by atoms with E-state index in [0.717, 1.165) is 38.9 Å². The number of rotatable bonds is 8. The van der Waals surface area contributed by atoms with Crippen LogP contribution in [0.4, 0.5) is 0 Å². The topological polar surface area (TPSA) is 38.7 Å². The molecule has 0 fully saturated rings. The van der Waals surface area contributed by atoms with Crippen LogP contribution in [0.1, 0.15) is 0 Å². The van der Waals surface area contributed by atoms with Gasteiger partial charge >= 0.3 is 0 Å². The number of benzene rings is 9. The van der Waals surface area contributed by atoms with Gasteiger partial charge in [-0.1, -0.05) is 218 Å². The summed E-state index contributed by atoms with van der Waals surface area (Å²) in [5.41, 5.74) is 14.5. The molecule has 272 valence electrons. The Labute approximate surface area is 338 Å². The van der Waals surface area contributed by atoms with E-state index in [2.05, 4.69) is 212 Å². The fraction of sp³-hybridized carbons (Fsp3) is 0. The number of fused-ring (bicyclic) bond motifs is 1. The molecule has 0 amide bonds. The van der Waals surface area contributed by atoms with Gasteiger partial charge in [0.25, 0.3) is 0 Å². The molecule has 58 heavy (non-hydrogen) atoms. The average molecular weight is 740 g/mol. The summed E-state index contributed by atoms with van der Waals surface area (Å²) in [6.45, 7) is 0. The molecule has 9 aromatic carbocycles. The van der Waals surface area contributed by atoms with Crippen LogP contribution in [-0.4, -0.2) is 15.0 Å². The summed E-state index contributed by atoms with van der Waals surface area (Å²) < 4.78 is 0. The van der Waals surface area contributed by atoms with Gasteiger partial charge in [0.1, 0.15) is 0 Å². The van der Waals surface area contributed by atoms with Crippen LogP contribution in [0.15, 0.2) is 224 Å². The maximum Gasteiger partial charge on any atom is 0.164 e. The number of hydrogen-bond donors (Lipinski definition) is 0. The summed E-state index contributed by atoms with van der Waals surface area (Å²) in [6.07, 6.45) is 0. The van der Waals surface area contributed by atoms with Crippen LogP contribution in [0.25, 0.3) is 101 Å². The van der Waals surface area contributed by atoms with Crippen molar-refractivity contribution in [3.8, 4) is 89.8 Å². The molecule has 0 saturated carbocycles. The molecule has 1 aromatic heterocycles. The summed E-state index contributed by atoms with van der Waals surface area (Å²) >= 11 is 0. The second kappa shape index (κ2) is 15.4. The van der Waals surface area contributed by atoms with Gasteiger partial charge in [0.05, 0.1) is 0 Å². The van der Waals surface area contributed by atoms with Gasteiger partial charge in [-0.25, -0.2) is 15.0 Å².